The molecule has 0 radical (unpaired) electrons. The Kier molecular flexibility index (Phi) is 6.89. The van der Waals surface area contributed by atoms with Crippen LogP contribution < -0.4 is 0 Å². The summed E-state index contributed by atoms with van der Waals surface area (Å²) < 4.78 is 12.0. The van der Waals surface area contributed by atoms with Crippen molar-refractivity contribution in [2.24, 2.45) is 0 Å². The van der Waals surface area contributed by atoms with E-state index in [0.29, 0.717) is 12.8 Å². The lowest BCUT2D eigenvalue weighted by atomic mass is 10.00. The highest BCUT2D eigenvalue weighted by Gasteiger charge is 1.99. The predicted molar refractivity (Wildman–Crippen MR) is 93.7 cm³/mol. The van der Waals surface area contributed by atoms with Crippen LogP contribution in [0.2, 0.25) is 0 Å². The third-order valence-electron chi connectivity index (χ3n) is 4.00. The molecule has 0 saturated carbocycles. The topological polar surface area (TPSA) is 0 Å². The molecular weight excluding hydrogens is 271 g/mol. The average molecular weight is 296 g/mol. The monoisotopic (exact) mass is 296 g/mol. The van der Waals surface area contributed by atoms with E-state index in [1.165, 1.54) is 54.9 Å². The van der Waals surface area contributed by atoms with E-state index >= 15 is 0 Å². The second kappa shape index (κ2) is 9.19. The van der Waals surface area contributed by atoms with E-state index in [9.17, 15) is 4.39 Å². The number of allylic oxidation sites excluding steroid dienone is 1. The molecule has 0 nitrogen and oxygen atoms in total. The molecule has 0 aliphatic carbocycles. The van der Waals surface area contributed by atoms with Gasteiger partial charge < -0.3 is 0 Å². The van der Waals surface area contributed by atoms with Crippen LogP contribution in [-0.2, 0) is 12.8 Å². The van der Waals surface area contributed by atoms with E-state index in [1.54, 1.807) is 0 Å². The van der Waals surface area contributed by atoms with E-state index in [-0.39, 0.29) is 0 Å². The van der Waals surface area contributed by atoms with E-state index in [4.69, 9.17) is 0 Å². The second-order valence-electron chi connectivity index (χ2n) is 5.77. The summed E-state index contributed by atoms with van der Waals surface area (Å²) in [7, 11) is 0. The molecular formula is C21H25F. The molecule has 0 aliphatic heterocycles. The van der Waals surface area contributed by atoms with E-state index in [1.807, 2.05) is 0 Å². The Morgan fingerprint density at radius 2 is 1.36 bits per heavy atom. The van der Waals surface area contributed by atoms with Crippen LogP contribution in [0.25, 0.3) is 11.1 Å². The van der Waals surface area contributed by atoms with Crippen molar-refractivity contribution in [3.05, 3.63) is 72.1 Å². The molecule has 0 aliphatic rings. The van der Waals surface area contributed by atoms with E-state index in [0.717, 1.165) is 5.56 Å². The fourth-order valence-electron chi connectivity index (χ4n) is 2.63. The molecule has 0 atom stereocenters. The Hall–Kier alpha value is -1.89. The summed E-state index contributed by atoms with van der Waals surface area (Å²) >= 11 is 0. The second-order valence-corrected chi connectivity index (χ2v) is 5.77. The van der Waals surface area contributed by atoms with Crippen molar-refractivity contribution in [1.29, 1.82) is 0 Å². The highest BCUT2D eigenvalue weighted by molar-refractivity contribution is 5.64. The van der Waals surface area contributed by atoms with E-state index in [2.05, 4.69) is 55.5 Å². The largest absolute Gasteiger partial charge is 0.216 e. The summed E-state index contributed by atoms with van der Waals surface area (Å²) in [4.78, 5) is 0. The van der Waals surface area contributed by atoms with Gasteiger partial charge in [0.2, 0.25) is 0 Å². The zero-order chi connectivity index (χ0) is 15.6. The predicted octanol–water partition coefficient (Wildman–Crippen LogP) is 6.50. The van der Waals surface area contributed by atoms with Crippen LogP contribution in [-0.4, -0.2) is 0 Å². The molecule has 0 heterocycles. The van der Waals surface area contributed by atoms with Gasteiger partial charge in [0, 0.05) is 0 Å². The van der Waals surface area contributed by atoms with Gasteiger partial charge in [-0.2, -0.15) is 0 Å². The maximum atomic E-state index is 12.0. The molecule has 0 fully saturated rings. The summed E-state index contributed by atoms with van der Waals surface area (Å²) in [6.07, 6.45) is 9.19. The van der Waals surface area contributed by atoms with Crippen molar-refractivity contribution in [3.8, 4) is 11.1 Å². The molecule has 0 bridgehead atoms. The highest BCUT2D eigenvalue weighted by Crippen LogP contribution is 2.21. The molecule has 0 saturated heterocycles. The van der Waals surface area contributed by atoms with Crippen molar-refractivity contribution in [2.45, 2.75) is 45.4 Å². The molecule has 1 heteroatoms. The first-order valence-corrected chi connectivity index (χ1v) is 8.27. The van der Waals surface area contributed by atoms with Crippen molar-refractivity contribution >= 4 is 0 Å². The summed E-state index contributed by atoms with van der Waals surface area (Å²) in [6.45, 7) is 2.24. The number of benzene rings is 2. The third-order valence-corrected chi connectivity index (χ3v) is 4.00. The van der Waals surface area contributed by atoms with Gasteiger partial charge in [-0.3, -0.25) is 0 Å². The minimum Gasteiger partial charge on any atom is -0.216 e. The van der Waals surface area contributed by atoms with Gasteiger partial charge >= 0.3 is 0 Å². The van der Waals surface area contributed by atoms with Crippen molar-refractivity contribution in [3.63, 3.8) is 0 Å². The van der Waals surface area contributed by atoms with Crippen molar-refractivity contribution in [1.82, 2.24) is 0 Å². The number of aryl methyl sites for hydroxylation is 1. The molecule has 2 aromatic carbocycles. The number of rotatable bonds is 8. The molecule has 2 rings (SSSR count). The molecule has 22 heavy (non-hydrogen) atoms. The minimum absolute atomic E-state index is 0.604. The number of hydrogen-bond donors (Lipinski definition) is 0. The van der Waals surface area contributed by atoms with Crippen molar-refractivity contribution < 1.29 is 4.39 Å². The van der Waals surface area contributed by atoms with Crippen LogP contribution in [0.4, 0.5) is 4.39 Å². The van der Waals surface area contributed by atoms with E-state index < -0.39 is 0 Å². The SMILES string of the molecule is CCCCCCc1ccc(-c2ccc(CC=CF)cc2)cc1. The molecule has 0 spiro atoms. The minimum atomic E-state index is 0.604. The molecule has 2 aromatic rings. The zero-order valence-corrected chi connectivity index (χ0v) is 13.4. The van der Waals surface area contributed by atoms with Gasteiger partial charge in [0.1, 0.15) is 0 Å². The lowest BCUT2D eigenvalue weighted by Crippen LogP contribution is -1.87. The lowest BCUT2D eigenvalue weighted by molar-refractivity contribution is 0.667. The lowest BCUT2D eigenvalue weighted by Gasteiger charge is -2.06. The number of halogens is 1. The van der Waals surface area contributed by atoms with Gasteiger partial charge in [-0.1, -0.05) is 80.8 Å². The fraction of sp³-hybridized carbons (Fsp3) is 0.333. The maximum Gasteiger partial charge on any atom is 0.0830 e. The average Bonchev–Trinajstić information content (AvgIpc) is 2.58. The molecule has 0 N–H and O–H groups in total. The first kappa shape index (κ1) is 16.5. The van der Waals surface area contributed by atoms with Crippen LogP contribution in [0.1, 0.15) is 43.7 Å². The standard InChI is InChI=1S/C21H25F/c1-2-3-4-5-7-18-9-13-20(14-10-18)21-15-11-19(12-16-21)8-6-17-22/h6,9-17H,2-5,7-8H2,1H3. The Labute approximate surface area is 133 Å². The first-order chi connectivity index (χ1) is 10.8. The number of hydrogen-bond acceptors (Lipinski definition) is 0. The Morgan fingerprint density at radius 3 is 1.91 bits per heavy atom. The Bertz CT molecular complexity index is 564. The summed E-state index contributed by atoms with van der Waals surface area (Å²) in [5.41, 5.74) is 5.00. The van der Waals surface area contributed by atoms with Gasteiger partial charge in [-0.05, 0) is 41.5 Å². The Balaban J connectivity index is 1.94. The van der Waals surface area contributed by atoms with Crippen LogP contribution in [0.3, 0.4) is 0 Å². The van der Waals surface area contributed by atoms with Gasteiger partial charge in [0.15, 0.2) is 0 Å². The van der Waals surface area contributed by atoms with Gasteiger partial charge in [-0.15, -0.1) is 0 Å². The quantitative estimate of drug-likeness (QED) is 0.488. The molecule has 116 valence electrons. The summed E-state index contributed by atoms with van der Waals surface area (Å²) in [5, 5.41) is 0. The fourth-order valence-corrected chi connectivity index (χ4v) is 2.63. The van der Waals surface area contributed by atoms with Crippen LogP contribution in [0.5, 0.6) is 0 Å². The first-order valence-electron chi connectivity index (χ1n) is 8.27. The summed E-state index contributed by atoms with van der Waals surface area (Å²) in [5.74, 6) is 0. The molecule has 0 amide bonds. The van der Waals surface area contributed by atoms with Crippen LogP contribution in [0, 0.1) is 0 Å². The number of unbranched alkanes of at least 4 members (excludes halogenated alkanes) is 3. The van der Waals surface area contributed by atoms with Crippen LogP contribution in [0.15, 0.2) is 60.9 Å². The summed E-state index contributed by atoms with van der Waals surface area (Å²) in [6, 6.07) is 17.2. The maximum absolute atomic E-state index is 12.0. The van der Waals surface area contributed by atoms with Gasteiger partial charge in [0.25, 0.3) is 0 Å². The normalized spacial score (nSPS) is 11.2. The Morgan fingerprint density at radius 1 is 0.773 bits per heavy atom. The van der Waals surface area contributed by atoms with Crippen molar-refractivity contribution in [2.75, 3.05) is 0 Å². The van der Waals surface area contributed by atoms with Crippen LogP contribution >= 0.6 is 0 Å². The zero-order valence-electron chi connectivity index (χ0n) is 13.4. The highest BCUT2D eigenvalue weighted by atomic mass is 19.1. The van der Waals surface area contributed by atoms with Gasteiger partial charge in [-0.25, -0.2) is 4.39 Å². The smallest absolute Gasteiger partial charge is 0.0830 e. The third kappa shape index (κ3) is 5.14. The molecule has 0 unspecified atom stereocenters. The van der Waals surface area contributed by atoms with Gasteiger partial charge in [0.05, 0.1) is 6.33 Å². The molecule has 0 aromatic heterocycles.